The molecule has 0 N–H and O–H groups in total. The van der Waals surface area contributed by atoms with Crippen molar-refractivity contribution in [2.75, 3.05) is 0 Å². The number of aromatic nitrogens is 5. The topological polar surface area (TPSA) is 60.9 Å². The van der Waals surface area contributed by atoms with Gasteiger partial charge in [-0.15, -0.1) is 21.5 Å². The average Bonchev–Trinajstić information content (AvgIpc) is 3.09. The zero-order chi connectivity index (χ0) is 13.2. The van der Waals surface area contributed by atoms with E-state index < -0.39 is 0 Å². The summed E-state index contributed by atoms with van der Waals surface area (Å²) >= 11 is 1.62. The minimum atomic E-state index is 0.971. The first-order chi connectivity index (χ1) is 9.25. The van der Waals surface area contributed by atoms with E-state index >= 15 is 0 Å². The lowest BCUT2D eigenvalue weighted by Crippen LogP contribution is -1.98. The maximum atomic E-state index is 4.34. The van der Waals surface area contributed by atoms with Crippen molar-refractivity contribution >= 4 is 17.6 Å². The fraction of sp³-hybridized carbons (Fsp3) is 0.167. The van der Waals surface area contributed by atoms with Crippen molar-refractivity contribution in [3.05, 3.63) is 47.2 Å². The Hall–Kier alpha value is -2.28. The minimum Gasteiger partial charge on any atom is -0.294 e. The van der Waals surface area contributed by atoms with Crippen LogP contribution in [-0.2, 0) is 0 Å². The van der Waals surface area contributed by atoms with Crippen LogP contribution >= 0.6 is 11.3 Å². The fourth-order valence-electron chi connectivity index (χ4n) is 1.92. The van der Waals surface area contributed by atoms with Gasteiger partial charge in [-0.25, -0.2) is 9.66 Å². The molecule has 0 bridgehead atoms. The van der Waals surface area contributed by atoms with Gasteiger partial charge in [-0.1, -0.05) is 0 Å². The minimum absolute atomic E-state index is 0.971. The van der Waals surface area contributed by atoms with Crippen LogP contribution in [0.15, 0.2) is 35.4 Å². The molecule has 0 radical (unpaired) electrons. The van der Waals surface area contributed by atoms with E-state index in [-0.39, 0.29) is 0 Å². The molecule has 19 heavy (non-hydrogen) atoms. The van der Waals surface area contributed by atoms with E-state index in [9.17, 15) is 0 Å². The highest BCUT2D eigenvalue weighted by Crippen LogP contribution is 2.21. The molecule has 3 rings (SSSR count). The molecule has 0 aromatic carbocycles. The SMILES string of the molecule is Cc1cc(/C=N\n2cnnc2)c(C)n1-c1nccs1. The van der Waals surface area contributed by atoms with Crippen LogP contribution in [-0.4, -0.2) is 30.6 Å². The summed E-state index contributed by atoms with van der Waals surface area (Å²) in [5, 5.41) is 14.6. The smallest absolute Gasteiger partial charge is 0.193 e. The first-order valence-corrected chi connectivity index (χ1v) is 6.61. The van der Waals surface area contributed by atoms with Gasteiger partial charge in [0.15, 0.2) is 5.13 Å². The van der Waals surface area contributed by atoms with Crippen LogP contribution in [0.2, 0.25) is 0 Å². The highest BCUT2D eigenvalue weighted by atomic mass is 32.1. The molecule has 0 spiro atoms. The summed E-state index contributed by atoms with van der Waals surface area (Å²) in [6, 6.07) is 2.09. The van der Waals surface area contributed by atoms with E-state index in [0.717, 1.165) is 22.1 Å². The third kappa shape index (κ3) is 2.19. The van der Waals surface area contributed by atoms with Crippen LogP contribution in [0.1, 0.15) is 17.0 Å². The number of rotatable bonds is 3. The molecule has 0 saturated heterocycles. The normalized spacial score (nSPS) is 11.5. The van der Waals surface area contributed by atoms with Gasteiger partial charge in [0.1, 0.15) is 12.7 Å². The Bertz CT molecular complexity index is 693. The summed E-state index contributed by atoms with van der Waals surface area (Å²) in [4.78, 5) is 4.34. The standard InChI is InChI=1S/C12H12N6S/c1-9-5-11(6-16-17-7-14-15-8-17)10(2)18(9)12-13-3-4-19-12/h3-8H,1-2H3/b16-6-. The first kappa shape index (κ1) is 11.8. The predicted molar refractivity (Wildman–Crippen MR) is 73.9 cm³/mol. The lowest BCUT2D eigenvalue weighted by Gasteiger charge is -2.04. The van der Waals surface area contributed by atoms with Crippen molar-refractivity contribution < 1.29 is 0 Å². The van der Waals surface area contributed by atoms with E-state index in [1.54, 1.807) is 34.9 Å². The van der Waals surface area contributed by atoms with Crippen molar-refractivity contribution in [3.63, 3.8) is 0 Å². The molecule has 0 aliphatic heterocycles. The lowest BCUT2D eigenvalue weighted by atomic mass is 10.3. The molecule has 0 atom stereocenters. The Morgan fingerprint density at radius 1 is 1.26 bits per heavy atom. The largest absolute Gasteiger partial charge is 0.294 e. The number of aryl methyl sites for hydroxylation is 1. The molecule has 3 aromatic heterocycles. The van der Waals surface area contributed by atoms with Crippen LogP contribution in [0.5, 0.6) is 0 Å². The van der Waals surface area contributed by atoms with Gasteiger partial charge in [-0.2, -0.15) is 5.10 Å². The maximum Gasteiger partial charge on any atom is 0.193 e. The number of hydrogen-bond donors (Lipinski definition) is 0. The predicted octanol–water partition coefficient (Wildman–Crippen LogP) is 2.02. The van der Waals surface area contributed by atoms with Gasteiger partial charge in [0, 0.05) is 28.5 Å². The van der Waals surface area contributed by atoms with Gasteiger partial charge in [-0.3, -0.25) is 4.57 Å². The third-order valence-electron chi connectivity index (χ3n) is 2.82. The molecule has 0 fully saturated rings. The van der Waals surface area contributed by atoms with Crippen LogP contribution in [0.25, 0.3) is 5.13 Å². The zero-order valence-corrected chi connectivity index (χ0v) is 11.4. The van der Waals surface area contributed by atoms with E-state index in [0.29, 0.717) is 0 Å². The quantitative estimate of drug-likeness (QED) is 0.685. The summed E-state index contributed by atoms with van der Waals surface area (Å²) in [6.07, 6.45) is 6.71. The fourth-order valence-corrected chi connectivity index (χ4v) is 2.67. The Labute approximate surface area is 114 Å². The lowest BCUT2D eigenvalue weighted by molar-refractivity contribution is 0.877. The molecule has 3 heterocycles. The molecule has 0 unspecified atom stereocenters. The molecule has 0 amide bonds. The second-order valence-corrected chi connectivity index (χ2v) is 4.94. The van der Waals surface area contributed by atoms with Gasteiger partial charge in [0.2, 0.25) is 0 Å². The van der Waals surface area contributed by atoms with Crippen LogP contribution < -0.4 is 0 Å². The van der Waals surface area contributed by atoms with Crippen molar-refractivity contribution in [1.29, 1.82) is 0 Å². The Morgan fingerprint density at radius 3 is 2.74 bits per heavy atom. The molecule has 0 saturated carbocycles. The molecule has 96 valence electrons. The second-order valence-electron chi connectivity index (χ2n) is 4.06. The van der Waals surface area contributed by atoms with Crippen molar-refractivity contribution in [1.82, 2.24) is 24.4 Å². The summed E-state index contributed by atoms with van der Waals surface area (Å²) in [7, 11) is 0. The highest BCUT2D eigenvalue weighted by Gasteiger charge is 2.10. The highest BCUT2D eigenvalue weighted by molar-refractivity contribution is 7.12. The van der Waals surface area contributed by atoms with E-state index in [2.05, 4.69) is 44.8 Å². The second kappa shape index (κ2) is 4.77. The molecular weight excluding hydrogens is 260 g/mol. The van der Waals surface area contributed by atoms with Gasteiger partial charge in [-0.05, 0) is 19.9 Å². The zero-order valence-electron chi connectivity index (χ0n) is 10.6. The van der Waals surface area contributed by atoms with Crippen molar-refractivity contribution in [2.24, 2.45) is 5.10 Å². The van der Waals surface area contributed by atoms with Crippen LogP contribution in [0.3, 0.4) is 0 Å². The van der Waals surface area contributed by atoms with Crippen molar-refractivity contribution in [2.45, 2.75) is 13.8 Å². The molecule has 0 aliphatic rings. The molecule has 0 aliphatic carbocycles. The van der Waals surface area contributed by atoms with E-state index in [1.807, 2.05) is 11.6 Å². The van der Waals surface area contributed by atoms with Crippen molar-refractivity contribution in [3.8, 4) is 5.13 Å². The Kier molecular flexibility index (Phi) is 2.96. The van der Waals surface area contributed by atoms with E-state index in [1.165, 1.54) is 0 Å². The summed E-state index contributed by atoms with van der Waals surface area (Å²) in [5.74, 6) is 0. The average molecular weight is 272 g/mol. The van der Waals surface area contributed by atoms with Gasteiger partial charge < -0.3 is 0 Å². The third-order valence-corrected chi connectivity index (χ3v) is 3.57. The molecular formula is C12H12N6S. The monoisotopic (exact) mass is 272 g/mol. The van der Waals surface area contributed by atoms with Crippen LogP contribution in [0, 0.1) is 13.8 Å². The molecule has 3 aromatic rings. The maximum absolute atomic E-state index is 4.34. The number of thiazole rings is 1. The Balaban J connectivity index is 1.98. The molecule has 6 nitrogen and oxygen atoms in total. The summed E-state index contributed by atoms with van der Waals surface area (Å²) in [5.41, 5.74) is 3.31. The number of hydrogen-bond acceptors (Lipinski definition) is 5. The summed E-state index contributed by atoms with van der Waals surface area (Å²) < 4.78 is 3.69. The summed E-state index contributed by atoms with van der Waals surface area (Å²) in [6.45, 7) is 4.12. The number of nitrogens with zero attached hydrogens (tertiary/aromatic N) is 6. The van der Waals surface area contributed by atoms with Gasteiger partial charge >= 0.3 is 0 Å². The Morgan fingerprint density at radius 2 is 2.05 bits per heavy atom. The van der Waals surface area contributed by atoms with E-state index in [4.69, 9.17) is 0 Å². The van der Waals surface area contributed by atoms with Gasteiger partial charge in [0.25, 0.3) is 0 Å². The van der Waals surface area contributed by atoms with Crippen LogP contribution in [0.4, 0.5) is 0 Å². The first-order valence-electron chi connectivity index (χ1n) is 5.73. The molecule has 7 heteroatoms. The van der Waals surface area contributed by atoms with Gasteiger partial charge in [0.05, 0.1) is 6.21 Å².